The lowest BCUT2D eigenvalue weighted by atomic mass is 10.2. The second kappa shape index (κ2) is 7.69. The van der Waals surface area contributed by atoms with Crippen LogP contribution in [0.4, 0.5) is 13.2 Å². The molecule has 0 radical (unpaired) electrons. The van der Waals surface area contributed by atoms with Crippen LogP contribution in [0, 0.1) is 6.92 Å². The number of aryl methyl sites for hydroxylation is 1. The molecule has 0 atom stereocenters. The molecule has 0 fully saturated rings. The van der Waals surface area contributed by atoms with Gasteiger partial charge in [0.15, 0.2) is 5.69 Å². The lowest BCUT2D eigenvalue weighted by molar-refractivity contribution is -0.142. The number of aromatic nitrogens is 5. The lowest BCUT2D eigenvalue weighted by Gasteiger charge is -2.06. The molecule has 2 N–H and O–H groups in total. The van der Waals surface area contributed by atoms with Gasteiger partial charge in [0.05, 0.1) is 17.4 Å². The van der Waals surface area contributed by atoms with Crippen LogP contribution in [0.3, 0.4) is 0 Å². The van der Waals surface area contributed by atoms with Gasteiger partial charge in [-0.05, 0) is 13.0 Å². The van der Waals surface area contributed by atoms with Crippen LogP contribution in [0.5, 0.6) is 0 Å². The SMILES string of the molecule is Cc1cc2c(=O)[nH]c(Cn3cc(CNCc4cncs4)c(C(F)(F)F)n3)nc2s1. The summed E-state index contributed by atoms with van der Waals surface area (Å²) in [4.78, 5) is 25.5. The van der Waals surface area contributed by atoms with E-state index in [1.807, 2.05) is 6.92 Å². The molecular formula is C17H15F3N6OS2. The highest BCUT2D eigenvalue weighted by Crippen LogP contribution is 2.31. The largest absolute Gasteiger partial charge is 0.435 e. The second-order valence-corrected chi connectivity index (χ2v) is 8.56. The number of alkyl halides is 3. The van der Waals surface area contributed by atoms with Crippen LogP contribution in [-0.4, -0.2) is 24.7 Å². The molecule has 12 heteroatoms. The number of nitrogens with one attached hydrogen (secondary N) is 2. The lowest BCUT2D eigenvalue weighted by Crippen LogP contribution is -2.16. The molecule has 29 heavy (non-hydrogen) atoms. The summed E-state index contributed by atoms with van der Waals surface area (Å²) in [6.45, 7) is 2.20. The van der Waals surface area contributed by atoms with Crippen molar-refractivity contribution < 1.29 is 13.2 Å². The van der Waals surface area contributed by atoms with Gasteiger partial charge in [0, 0.05) is 40.8 Å². The van der Waals surface area contributed by atoms with Gasteiger partial charge in [0.25, 0.3) is 5.56 Å². The summed E-state index contributed by atoms with van der Waals surface area (Å²) in [6, 6.07) is 1.73. The molecular weight excluding hydrogens is 425 g/mol. The summed E-state index contributed by atoms with van der Waals surface area (Å²) in [5.74, 6) is 0.254. The minimum Gasteiger partial charge on any atom is -0.308 e. The summed E-state index contributed by atoms with van der Waals surface area (Å²) < 4.78 is 41.3. The van der Waals surface area contributed by atoms with Crippen molar-refractivity contribution in [2.45, 2.75) is 32.7 Å². The maximum Gasteiger partial charge on any atom is 0.435 e. The zero-order chi connectivity index (χ0) is 20.6. The maximum absolute atomic E-state index is 13.4. The quantitative estimate of drug-likeness (QED) is 0.480. The molecule has 4 rings (SSSR count). The monoisotopic (exact) mass is 440 g/mol. The van der Waals surface area contributed by atoms with E-state index in [2.05, 4.69) is 25.4 Å². The van der Waals surface area contributed by atoms with Crippen molar-refractivity contribution in [3.8, 4) is 0 Å². The van der Waals surface area contributed by atoms with E-state index in [9.17, 15) is 18.0 Å². The highest BCUT2D eigenvalue weighted by molar-refractivity contribution is 7.18. The van der Waals surface area contributed by atoms with Crippen LogP contribution < -0.4 is 10.9 Å². The highest BCUT2D eigenvalue weighted by Gasteiger charge is 2.37. The number of halogens is 3. The average molecular weight is 440 g/mol. The summed E-state index contributed by atoms with van der Waals surface area (Å²) in [7, 11) is 0. The fourth-order valence-corrected chi connectivity index (χ4v) is 4.35. The molecule has 0 aliphatic rings. The fourth-order valence-electron chi connectivity index (χ4n) is 2.89. The molecule has 4 heterocycles. The van der Waals surface area contributed by atoms with Crippen LogP contribution in [0.25, 0.3) is 10.2 Å². The first-order valence-corrected chi connectivity index (χ1v) is 10.2. The van der Waals surface area contributed by atoms with Crippen molar-refractivity contribution in [2.24, 2.45) is 0 Å². The highest BCUT2D eigenvalue weighted by atomic mass is 32.1. The molecule has 0 unspecified atom stereocenters. The van der Waals surface area contributed by atoms with Crippen molar-refractivity contribution in [1.82, 2.24) is 30.0 Å². The Bertz CT molecular complexity index is 1190. The molecule has 0 saturated heterocycles. The molecule has 0 saturated carbocycles. The van der Waals surface area contributed by atoms with Gasteiger partial charge in [-0.3, -0.25) is 14.5 Å². The first-order chi connectivity index (χ1) is 13.8. The first kappa shape index (κ1) is 19.7. The molecule has 0 aliphatic heterocycles. The Kier molecular flexibility index (Phi) is 5.23. The average Bonchev–Trinajstić information content (AvgIpc) is 3.34. The number of hydrogen-bond donors (Lipinski definition) is 2. The van der Waals surface area contributed by atoms with Crippen LogP contribution in [-0.2, 0) is 25.8 Å². The van der Waals surface area contributed by atoms with Gasteiger partial charge in [0.2, 0.25) is 0 Å². The number of thiophene rings is 1. The van der Waals surface area contributed by atoms with E-state index < -0.39 is 11.9 Å². The Morgan fingerprint density at radius 1 is 1.31 bits per heavy atom. The molecule has 4 aromatic rings. The molecule has 0 bridgehead atoms. The van der Waals surface area contributed by atoms with Gasteiger partial charge in [-0.1, -0.05) is 0 Å². The van der Waals surface area contributed by atoms with Gasteiger partial charge >= 0.3 is 6.18 Å². The van der Waals surface area contributed by atoms with Crippen LogP contribution in [0.1, 0.15) is 26.8 Å². The van der Waals surface area contributed by atoms with Gasteiger partial charge in [0.1, 0.15) is 10.7 Å². The van der Waals surface area contributed by atoms with Crippen LogP contribution in [0.15, 0.2) is 28.8 Å². The number of H-pyrrole nitrogens is 1. The van der Waals surface area contributed by atoms with E-state index in [0.29, 0.717) is 16.8 Å². The molecule has 7 nitrogen and oxygen atoms in total. The van der Waals surface area contributed by atoms with E-state index in [0.717, 1.165) is 14.4 Å². The number of nitrogens with zero attached hydrogens (tertiary/aromatic N) is 4. The zero-order valence-corrected chi connectivity index (χ0v) is 16.7. The predicted octanol–water partition coefficient (Wildman–Crippen LogP) is 3.30. The third kappa shape index (κ3) is 4.38. The molecule has 0 aliphatic carbocycles. The Morgan fingerprint density at radius 3 is 2.86 bits per heavy atom. The Balaban J connectivity index is 1.57. The maximum atomic E-state index is 13.4. The molecule has 4 aromatic heterocycles. The molecule has 0 aromatic carbocycles. The number of fused-ring (bicyclic) bond motifs is 1. The molecule has 0 spiro atoms. The van der Waals surface area contributed by atoms with Crippen molar-refractivity contribution >= 4 is 32.9 Å². The second-order valence-electron chi connectivity index (χ2n) is 6.36. The van der Waals surface area contributed by atoms with Crippen LogP contribution >= 0.6 is 22.7 Å². The van der Waals surface area contributed by atoms with Crippen molar-refractivity contribution in [1.29, 1.82) is 0 Å². The number of aromatic amines is 1. The van der Waals surface area contributed by atoms with Gasteiger partial charge in [-0.2, -0.15) is 18.3 Å². The van der Waals surface area contributed by atoms with E-state index in [1.165, 1.54) is 28.9 Å². The standard InChI is InChI=1S/C17H15F3N6OS2/c1-9-2-12-15(27)23-13(24-16(12)29-9)7-26-6-10(14(25-26)17(18,19)20)3-21-4-11-5-22-8-28-11/h2,5-6,8,21H,3-4,7H2,1H3,(H,23,24,27). The zero-order valence-electron chi connectivity index (χ0n) is 15.1. The predicted molar refractivity (Wildman–Crippen MR) is 104 cm³/mol. The van der Waals surface area contributed by atoms with E-state index in [-0.39, 0.29) is 30.0 Å². The van der Waals surface area contributed by atoms with Crippen molar-refractivity contribution in [3.05, 3.63) is 61.2 Å². The third-order valence-electron chi connectivity index (χ3n) is 4.09. The topological polar surface area (TPSA) is 88.5 Å². The summed E-state index contributed by atoms with van der Waals surface area (Å²) in [6.07, 6.45) is -1.59. The molecule has 0 amide bonds. The molecule has 152 valence electrons. The fraction of sp³-hybridized carbons (Fsp3) is 0.294. The van der Waals surface area contributed by atoms with Gasteiger partial charge in [-0.25, -0.2) is 4.98 Å². The normalized spacial score (nSPS) is 12.1. The summed E-state index contributed by atoms with van der Waals surface area (Å²) >= 11 is 2.78. The number of hydrogen-bond acceptors (Lipinski definition) is 7. The minimum absolute atomic E-state index is 0.000153. The summed E-state index contributed by atoms with van der Waals surface area (Å²) in [5, 5.41) is 7.14. The van der Waals surface area contributed by atoms with E-state index in [1.54, 1.807) is 17.8 Å². The minimum atomic E-state index is -4.58. The van der Waals surface area contributed by atoms with E-state index >= 15 is 0 Å². The number of thiazole rings is 1. The first-order valence-electron chi connectivity index (χ1n) is 8.50. The van der Waals surface area contributed by atoms with Gasteiger partial charge < -0.3 is 10.3 Å². The Morgan fingerprint density at radius 2 is 2.14 bits per heavy atom. The van der Waals surface area contributed by atoms with Gasteiger partial charge in [-0.15, -0.1) is 22.7 Å². The Hall–Kier alpha value is -2.57. The van der Waals surface area contributed by atoms with Crippen LogP contribution in [0.2, 0.25) is 0 Å². The Labute approximate surface area is 170 Å². The summed E-state index contributed by atoms with van der Waals surface area (Å²) in [5.41, 5.74) is 0.418. The third-order valence-corrected chi connectivity index (χ3v) is 5.81. The number of rotatable bonds is 6. The van der Waals surface area contributed by atoms with Crippen molar-refractivity contribution in [2.75, 3.05) is 0 Å². The smallest absolute Gasteiger partial charge is 0.308 e. The van der Waals surface area contributed by atoms with E-state index in [4.69, 9.17) is 0 Å². The van der Waals surface area contributed by atoms with Crippen molar-refractivity contribution in [3.63, 3.8) is 0 Å².